The van der Waals surface area contributed by atoms with Crippen molar-refractivity contribution in [2.45, 2.75) is 6.92 Å². The van der Waals surface area contributed by atoms with E-state index in [1.807, 2.05) is 13.0 Å². The summed E-state index contributed by atoms with van der Waals surface area (Å²) in [5, 5.41) is 4.48. The standard InChI is InChI=1S/C18H17BrN4O3S/c1-3-26-16-12(19)6-10(7-14(16)25-2)9-21-23-17(24)11-4-5-13-15(8-11)27-18(20)22-13/h4-9H,3H2,1-2H3,(H2,20,22)(H,23,24)/b21-9-. The minimum atomic E-state index is -0.322. The molecule has 1 heterocycles. The maximum absolute atomic E-state index is 12.3. The van der Waals surface area contributed by atoms with Gasteiger partial charge in [0, 0.05) is 5.56 Å². The second-order valence-electron chi connectivity index (χ2n) is 5.40. The first-order valence-corrected chi connectivity index (χ1v) is 9.62. The van der Waals surface area contributed by atoms with Gasteiger partial charge in [-0.15, -0.1) is 0 Å². The average Bonchev–Trinajstić information content (AvgIpc) is 3.02. The Balaban J connectivity index is 1.74. The molecule has 1 amide bonds. The summed E-state index contributed by atoms with van der Waals surface area (Å²) in [6, 6.07) is 8.79. The molecule has 0 aliphatic heterocycles. The Labute approximate surface area is 168 Å². The summed E-state index contributed by atoms with van der Waals surface area (Å²) in [7, 11) is 1.56. The van der Waals surface area contributed by atoms with Gasteiger partial charge in [-0.3, -0.25) is 4.79 Å². The summed E-state index contributed by atoms with van der Waals surface area (Å²) in [5.41, 5.74) is 10.2. The van der Waals surface area contributed by atoms with Crippen molar-refractivity contribution < 1.29 is 14.3 Å². The van der Waals surface area contributed by atoms with E-state index in [0.717, 1.165) is 20.3 Å². The van der Waals surface area contributed by atoms with Crippen LogP contribution in [0.2, 0.25) is 0 Å². The van der Waals surface area contributed by atoms with Crippen molar-refractivity contribution in [1.29, 1.82) is 0 Å². The molecule has 0 bridgehead atoms. The molecule has 0 saturated carbocycles. The number of methoxy groups -OCH3 is 1. The summed E-state index contributed by atoms with van der Waals surface area (Å²) in [6.45, 7) is 2.42. The summed E-state index contributed by atoms with van der Waals surface area (Å²) in [6.07, 6.45) is 1.53. The number of nitrogens with two attached hydrogens (primary N) is 1. The molecule has 2 aromatic carbocycles. The van der Waals surface area contributed by atoms with Gasteiger partial charge in [0.1, 0.15) is 0 Å². The molecule has 0 aliphatic rings. The number of aromatic nitrogens is 1. The van der Waals surface area contributed by atoms with Crippen LogP contribution in [0.4, 0.5) is 5.13 Å². The van der Waals surface area contributed by atoms with Crippen LogP contribution in [0.3, 0.4) is 0 Å². The van der Waals surface area contributed by atoms with E-state index < -0.39 is 0 Å². The lowest BCUT2D eigenvalue weighted by Gasteiger charge is -2.11. The Morgan fingerprint density at radius 1 is 1.41 bits per heavy atom. The lowest BCUT2D eigenvalue weighted by Crippen LogP contribution is -2.17. The molecule has 140 valence electrons. The number of carbonyl (C=O) groups excluding carboxylic acids is 1. The van der Waals surface area contributed by atoms with E-state index in [1.165, 1.54) is 17.6 Å². The van der Waals surface area contributed by atoms with Crippen molar-refractivity contribution in [2.75, 3.05) is 19.5 Å². The summed E-state index contributed by atoms with van der Waals surface area (Å²) in [5.74, 6) is 0.877. The van der Waals surface area contributed by atoms with Crippen LogP contribution in [0.1, 0.15) is 22.8 Å². The zero-order chi connectivity index (χ0) is 19.4. The highest BCUT2D eigenvalue weighted by molar-refractivity contribution is 9.10. The number of halogens is 1. The average molecular weight is 449 g/mol. The molecule has 0 radical (unpaired) electrons. The number of hydrazone groups is 1. The van der Waals surface area contributed by atoms with E-state index in [-0.39, 0.29) is 5.91 Å². The normalized spacial score (nSPS) is 11.1. The van der Waals surface area contributed by atoms with Crippen LogP contribution in [0.15, 0.2) is 39.9 Å². The van der Waals surface area contributed by atoms with Gasteiger partial charge >= 0.3 is 0 Å². The van der Waals surface area contributed by atoms with Crippen molar-refractivity contribution >= 4 is 54.7 Å². The highest BCUT2D eigenvalue weighted by Gasteiger charge is 2.11. The number of fused-ring (bicyclic) bond motifs is 1. The molecule has 1 aromatic heterocycles. The topological polar surface area (TPSA) is 98.8 Å². The number of anilines is 1. The first kappa shape index (κ1) is 19.1. The van der Waals surface area contributed by atoms with Gasteiger partial charge in [0.25, 0.3) is 5.91 Å². The molecular weight excluding hydrogens is 432 g/mol. The smallest absolute Gasteiger partial charge is 0.271 e. The number of nitrogens with zero attached hydrogens (tertiary/aromatic N) is 2. The molecule has 3 rings (SSSR count). The number of benzene rings is 2. The molecule has 0 aliphatic carbocycles. The summed E-state index contributed by atoms with van der Waals surface area (Å²) < 4.78 is 12.5. The second kappa shape index (κ2) is 8.36. The number of nitrogen functional groups attached to an aromatic ring is 1. The highest BCUT2D eigenvalue weighted by Crippen LogP contribution is 2.36. The highest BCUT2D eigenvalue weighted by atomic mass is 79.9. The van der Waals surface area contributed by atoms with Crippen molar-refractivity contribution in [3.05, 3.63) is 45.9 Å². The third-order valence-corrected chi connectivity index (χ3v) is 5.02. The zero-order valence-corrected chi connectivity index (χ0v) is 17.1. The Morgan fingerprint density at radius 3 is 2.96 bits per heavy atom. The minimum Gasteiger partial charge on any atom is -0.493 e. The van der Waals surface area contributed by atoms with Gasteiger partial charge in [0.15, 0.2) is 16.6 Å². The fourth-order valence-electron chi connectivity index (χ4n) is 2.41. The third-order valence-electron chi connectivity index (χ3n) is 3.59. The van der Waals surface area contributed by atoms with Gasteiger partial charge in [-0.05, 0) is 58.7 Å². The molecule has 3 aromatic rings. The fourth-order valence-corrected chi connectivity index (χ4v) is 3.76. The Kier molecular flexibility index (Phi) is 5.92. The predicted molar refractivity (Wildman–Crippen MR) is 111 cm³/mol. The van der Waals surface area contributed by atoms with Crippen LogP contribution >= 0.6 is 27.3 Å². The molecule has 3 N–H and O–H groups in total. The number of carbonyl (C=O) groups is 1. The minimum absolute atomic E-state index is 0.322. The third kappa shape index (κ3) is 4.37. The first-order valence-electron chi connectivity index (χ1n) is 8.01. The van der Waals surface area contributed by atoms with Crippen LogP contribution in [-0.2, 0) is 0 Å². The largest absolute Gasteiger partial charge is 0.493 e. The van der Waals surface area contributed by atoms with Crippen molar-refractivity contribution in [1.82, 2.24) is 10.4 Å². The molecule has 7 nitrogen and oxygen atoms in total. The summed E-state index contributed by atoms with van der Waals surface area (Å²) in [4.78, 5) is 16.5. The molecule has 27 heavy (non-hydrogen) atoms. The number of nitrogens with one attached hydrogen (secondary N) is 1. The number of rotatable bonds is 6. The van der Waals surface area contributed by atoms with Crippen LogP contribution < -0.4 is 20.6 Å². The van der Waals surface area contributed by atoms with Crippen LogP contribution in [0.5, 0.6) is 11.5 Å². The van der Waals surface area contributed by atoms with E-state index in [1.54, 1.807) is 31.4 Å². The van der Waals surface area contributed by atoms with Gasteiger partial charge in [0.05, 0.1) is 34.6 Å². The van der Waals surface area contributed by atoms with Crippen molar-refractivity contribution in [3.63, 3.8) is 0 Å². The van der Waals surface area contributed by atoms with E-state index >= 15 is 0 Å². The Hall–Kier alpha value is -2.65. The fraction of sp³-hybridized carbons (Fsp3) is 0.167. The van der Waals surface area contributed by atoms with E-state index in [0.29, 0.717) is 28.8 Å². The predicted octanol–water partition coefficient (Wildman–Crippen LogP) is 3.81. The van der Waals surface area contributed by atoms with Crippen LogP contribution in [0.25, 0.3) is 10.2 Å². The number of amides is 1. The van der Waals surface area contributed by atoms with Gasteiger partial charge in [0.2, 0.25) is 0 Å². The molecule has 9 heteroatoms. The molecule has 0 atom stereocenters. The Morgan fingerprint density at radius 2 is 2.22 bits per heavy atom. The molecule has 0 fully saturated rings. The van der Waals surface area contributed by atoms with Gasteiger partial charge < -0.3 is 15.2 Å². The first-order chi connectivity index (χ1) is 13.0. The lowest BCUT2D eigenvalue weighted by atomic mass is 10.2. The maximum Gasteiger partial charge on any atom is 0.271 e. The van der Waals surface area contributed by atoms with Gasteiger partial charge in [-0.1, -0.05) is 11.3 Å². The molecule has 0 saturated heterocycles. The molecule has 0 unspecified atom stereocenters. The van der Waals surface area contributed by atoms with E-state index in [4.69, 9.17) is 15.2 Å². The lowest BCUT2D eigenvalue weighted by molar-refractivity contribution is 0.0955. The quantitative estimate of drug-likeness (QED) is 0.441. The maximum atomic E-state index is 12.3. The number of thiazole rings is 1. The van der Waals surface area contributed by atoms with Crippen molar-refractivity contribution in [3.8, 4) is 11.5 Å². The second-order valence-corrected chi connectivity index (χ2v) is 7.32. The van der Waals surface area contributed by atoms with E-state index in [9.17, 15) is 4.79 Å². The number of hydrogen-bond acceptors (Lipinski definition) is 7. The monoisotopic (exact) mass is 448 g/mol. The zero-order valence-electron chi connectivity index (χ0n) is 14.7. The molecule has 0 spiro atoms. The summed E-state index contributed by atoms with van der Waals surface area (Å²) >= 11 is 4.79. The Bertz CT molecular complexity index is 1020. The molecular formula is C18H17BrN4O3S. The van der Waals surface area contributed by atoms with Gasteiger partial charge in [-0.2, -0.15) is 5.10 Å². The van der Waals surface area contributed by atoms with Gasteiger partial charge in [-0.25, -0.2) is 10.4 Å². The SMILES string of the molecule is CCOc1c(Br)cc(/C=N\NC(=O)c2ccc3nc(N)sc3c2)cc1OC. The van der Waals surface area contributed by atoms with Crippen LogP contribution in [0, 0.1) is 0 Å². The number of hydrogen-bond donors (Lipinski definition) is 2. The number of ether oxygens (including phenoxy) is 2. The van der Waals surface area contributed by atoms with Crippen molar-refractivity contribution in [2.24, 2.45) is 5.10 Å². The van der Waals surface area contributed by atoms with Crippen LogP contribution in [-0.4, -0.2) is 30.8 Å². The van der Waals surface area contributed by atoms with E-state index in [2.05, 4.69) is 31.4 Å².